The van der Waals surface area contributed by atoms with Gasteiger partial charge in [0.05, 0.1) is 11.7 Å². The zero-order chi connectivity index (χ0) is 30.5. The van der Waals surface area contributed by atoms with Crippen LogP contribution in [0.25, 0.3) is 0 Å². The Morgan fingerprint density at radius 1 is 0.721 bits per heavy atom. The predicted octanol–water partition coefficient (Wildman–Crippen LogP) is 8.00. The lowest BCUT2D eigenvalue weighted by atomic mass is 9.44. The molecule has 0 unspecified atom stereocenters. The van der Waals surface area contributed by atoms with Crippen molar-refractivity contribution in [2.75, 3.05) is 0 Å². The average molecular weight is 591 g/mol. The Hall–Kier alpha value is -1.26. The van der Waals surface area contributed by atoms with Gasteiger partial charge in [0.1, 0.15) is 0 Å². The first-order valence-electron chi connectivity index (χ1n) is 18.2. The summed E-state index contributed by atoms with van der Waals surface area (Å²) in [5, 5.41) is 21.4. The molecule has 13 atom stereocenters. The van der Waals surface area contributed by atoms with E-state index in [1.165, 1.54) is 49.7 Å². The van der Waals surface area contributed by atoms with Crippen molar-refractivity contribution in [3.63, 3.8) is 0 Å². The SMILES string of the molecule is C[C@H]1CC2=CC(=O)CC[C@]2(C)[C@H]2CC[C@@]3(C)[C@@H](CC[C@]3(C)O)[C@H]12.C[C@]12CC[C@H]3[C@@H](CCC4=CC(=O)CC[C@@H]43)[C@@H]1CC[C@@H]2O. The predicted molar refractivity (Wildman–Crippen MR) is 170 cm³/mol. The Morgan fingerprint density at radius 3 is 2.26 bits per heavy atom. The first kappa shape index (κ1) is 30.4. The van der Waals surface area contributed by atoms with E-state index in [0.717, 1.165) is 81.5 Å². The van der Waals surface area contributed by atoms with Crippen molar-refractivity contribution in [2.24, 2.45) is 63.6 Å². The number of ketones is 2. The fourth-order valence-corrected chi connectivity index (χ4v) is 13.3. The molecule has 4 nitrogen and oxygen atoms in total. The van der Waals surface area contributed by atoms with Gasteiger partial charge in [-0.2, -0.15) is 0 Å². The van der Waals surface area contributed by atoms with Crippen molar-refractivity contribution in [3.05, 3.63) is 23.3 Å². The van der Waals surface area contributed by atoms with Crippen LogP contribution in [0.5, 0.6) is 0 Å². The van der Waals surface area contributed by atoms with Crippen LogP contribution in [-0.4, -0.2) is 33.5 Å². The largest absolute Gasteiger partial charge is 0.393 e. The highest BCUT2D eigenvalue weighted by molar-refractivity contribution is 5.92. The van der Waals surface area contributed by atoms with E-state index < -0.39 is 5.60 Å². The molecule has 0 bridgehead atoms. The highest BCUT2D eigenvalue weighted by atomic mass is 16.3. The van der Waals surface area contributed by atoms with Crippen molar-refractivity contribution in [1.29, 1.82) is 0 Å². The zero-order valence-corrected chi connectivity index (χ0v) is 27.7. The van der Waals surface area contributed by atoms with Crippen LogP contribution in [0.3, 0.4) is 0 Å². The third-order valence-electron chi connectivity index (χ3n) is 16.1. The van der Waals surface area contributed by atoms with Gasteiger partial charge in [0, 0.05) is 12.8 Å². The second-order valence-corrected chi connectivity index (χ2v) is 17.7. The van der Waals surface area contributed by atoms with E-state index in [1.807, 2.05) is 12.2 Å². The van der Waals surface area contributed by atoms with E-state index in [2.05, 4.69) is 34.6 Å². The third kappa shape index (κ3) is 4.49. The zero-order valence-electron chi connectivity index (χ0n) is 27.7. The number of hydrogen-bond donors (Lipinski definition) is 2. The molecule has 43 heavy (non-hydrogen) atoms. The van der Waals surface area contributed by atoms with E-state index in [-0.39, 0.29) is 22.3 Å². The van der Waals surface area contributed by atoms with Gasteiger partial charge in [0.25, 0.3) is 0 Å². The first-order valence-corrected chi connectivity index (χ1v) is 18.2. The number of carbonyl (C=O) groups is 2. The molecule has 8 rings (SSSR count). The Kier molecular flexibility index (Phi) is 7.34. The molecule has 8 aliphatic carbocycles. The molecule has 238 valence electrons. The summed E-state index contributed by atoms with van der Waals surface area (Å²) in [7, 11) is 0. The molecule has 6 saturated carbocycles. The van der Waals surface area contributed by atoms with Crippen LogP contribution >= 0.6 is 0 Å². The molecule has 0 heterocycles. The van der Waals surface area contributed by atoms with Gasteiger partial charge in [-0.15, -0.1) is 0 Å². The minimum atomic E-state index is -0.498. The number of aliphatic hydroxyl groups is 2. The second kappa shape index (κ2) is 10.4. The lowest BCUT2D eigenvalue weighted by Crippen LogP contribution is -2.55. The maximum Gasteiger partial charge on any atom is 0.155 e. The first-order chi connectivity index (χ1) is 20.3. The second-order valence-electron chi connectivity index (χ2n) is 17.7. The number of allylic oxidation sites excluding steroid dienone is 2. The van der Waals surface area contributed by atoms with E-state index >= 15 is 0 Å². The van der Waals surface area contributed by atoms with Gasteiger partial charge in [0.15, 0.2) is 11.6 Å². The fraction of sp³-hybridized carbons (Fsp3) is 0.846. The summed E-state index contributed by atoms with van der Waals surface area (Å²) >= 11 is 0. The van der Waals surface area contributed by atoms with Crippen LogP contribution in [0.4, 0.5) is 0 Å². The number of fused-ring (bicyclic) bond motifs is 10. The molecule has 0 aromatic heterocycles. The Balaban J connectivity index is 0.000000141. The molecule has 2 N–H and O–H groups in total. The van der Waals surface area contributed by atoms with Crippen LogP contribution < -0.4 is 0 Å². The van der Waals surface area contributed by atoms with Crippen molar-refractivity contribution >= 4 is 11.6 Å². The van der Waals surface area contributed by atoms with Crippen molar-refractivity contribution in [2.45, 2.75) is 143 Å². The molecule has 4 heteroatoms. The minimum Gasteiger partial charge on any atom is -0.393 e. The standard InChI is InChI=1S/C21H32O2.C18H26O2/c1-13-11-14-12-15(22)5-8-19(14,2)16-6-9-20(3)17(18(13)16)7-10-21(20,4)23;1-18-9-8-14-13-5-3-12(19)10-11(13)2-4-15(14)16(18)6-7-17(18)20/h12-13,16-18,23H,5-11H2,1-4H3;10,13-17,20H,2-9H2,1H3/t13-,16-,17-,18+,19-,20-,21-;13-,14+,15+,16-,17-,18-/m00/s1. The minimum absolute atomic E-state index is 0.0710. The Bertz CT molecular complexity index is 1230. The van der Waals surface area contributed by atoms with Gasteiger partial charge in [-0.05, 0) is 166 Å². The molecule has 0 aliphatic heterocycles. The molecule has 0 aromatic carbocycles. The number of carbonyl (C=O) groups excluding carboxylic acids is 2. The van der Waals surface area contributed by atoms with Crippen LogP contribution in [0, 0.1) is 63.6 Å². The van der Waals surface area contributed by atoms with E-state index in [9.17, 15) is 19.8 Å². The van der Waals surface area contributed by atoms with E-state index in [1.54, 1.807) is 0 Å². The summed E-state index contributed by atoms with van der Waals surface area (Å²) in [6.45, 7) is 11.6. The fourth-order valence-electron chi connectivity index (χ4n) is 13.3. The molecule has 0 amide bonds. The van der Waals surface area contributed by atoms with Gasteiger partial charge in [-0.3, -0.25) is 9.59 Å². The summed E-state index contributed by atoms with van der Waals surface area (Å²) in [6, 6.07) is 0. The number of aliphatic hydroxyl groups excluding tert-OH is 1. The summed E-state index contributed by atoms with van der Waals surface area (Å²) in [5.74, 6) is 6.44. The van der Waals surface area contributed by atoms with Gasteiger partial charge in [-0.1, -0.05) is 38.8 Å². The number of hydrogen-bond acceptors (Lipinski definition) is 4. The molecule has 0 aromatic rings. The quantitative estimate of drug-likeness (QED) is 0.300. The Morgan fingerprint density at radius 2 is 1.47 bits per heavy atom. The highest BCUT2D eigenvalue weighted by Crippen LogP contribution is 2.68. The molecular formula is C39H58O4. The van der Waals surface area contributed by atoms with E-state index in [0.29, 0.717) is 35.2 Å². The van der Waals surface area contributed by atoms with Crippen LogP contribution in [-0.2, 0) is 9.59 Å². The van der Waals surface area contributed by atoms with Crippen molar-refractivity contribution < 1.29 is 19.8 Å². The summed E-state index contributed by atoms with van der Waals surface area (Å²) < 4.78 is 0. The maximum atomic E-state index is 11.9. The normalized spacial score (nSPS) is 53.5. The van der Waals surface area contributed by atoms with Crippen LogP contribution in [0.15, 0.2) is 23.3 Å². The summed E-state index contributed by atoms with van der Waals surface area (Å²) in [5.41, 5.74) is 2.92. The molecule has 8 aliphatic rings. The lowest BCUT2D eigenvalue weighted by Gasteiger charge is -2.60. The van der Waals surface area contributed by atoms with Crippen molar-refractivity contribution in [1.82, 2.24) is 0 Å². The summed E-state index contributed by atoms with van der Waals surface area (Å²) in [6.07, 6.45) is 20.2. The monoisotopic (exact) mass is 590 g/mol. The topological polar surface area (TPSA) is 74.6 Å². The van der Waals surface area contributed by atoms with Crippen molar-refractivity contribution in [3.8, 4) is 0 Å². The molecule has 0 saturated heterocycles. The van der Waals surface area contributed by atoms with Gasteiger partial charge in [0.2, 0.25) is 0 Å². The lowest BCUT2D eigenvalue weighted by molar-refractivity contribution is -0.132. The Labute approximate surface area is 260 Å². The van der Waals surface area contributed by atoms with Gasteiger partial charge >= 0.3 is 0 Å². The average Bonchev–Trinajstić information content (AvgIpc) is 3.40. The summed E-state index contributed by atoms with van der Waals surface area (Å²) in [4.78, 5) is 23.6. The number of rotatable bonds is 0. The van der Waals surface area contributed by atoms with Crippen LogP contribution in [0.1, 0.15) is 131 Å². The molecule has 0 radical (unpaired) electrons. The van der Waals surface area contributed by atoms with Crippen LogP contribution in [0.2, 0.25) is 0 Å². The molecule has 6 fully saturated rings. The van der Waals surface area contributed by atoms with Gasteiger partial charge in [-0.25, -0.2) is 0 Å². The van der Waals surface area contributed by atoms with Gasteiger partial charge < -0.3 is 10.2 Å². The molecule has 0 spiro atoms. The maximum absolute atomic E-state index is 11.9. The molecular weight excluding hydrogens is 532 g/mol. The third-order valence-corrected chi connectivity index (χ3v) is 16.1. The highest BCUT2D eigenvalue weighted by Gasteiger charge is 2.63. The smallest absolute Gasteiger partial charge is 0.155 e. The van der Waals surface area contributed by atoms with E-state index in [4.69, 9.17) is 0 Å².